The fraction of sp³-hybridized carbons (Fsp3) is 0.278. The maximum atomic E-state index is 12.0. The average molecular weight is 295 g/mol. The number of esters is 1. The number of carbonyl (C=O) groups excluding carboxylic acids is 1. The van der Waals surface area contributed by atoms with Gasteiger partial charge in [0.25, 0.3) is 6.23 Å². The molecule has 2 heterocycles. The first kappa shape index (κ1) is 13.3. The molecule has 0 spiro atoms. The number of ether oxygens (including phenoxy) is 1. The highest BCUT2D eigenvalue weighted by Gasteiger charge is 2.39. The number of piperazine rings is 1. The van der Waals surface area contributed by atoms with Gasteiger partial charge < -0.3 is 9.64 Å². The van der Waals surface area contributed by atoms with E-state index < -0.39 is 0 Å². The maximum Gasteiger partial charge on any atom is 0.343 e. The number of anilines is 1. The van der Waals surface area contributed by atoms with E-state index in [2.05, 4.69) is 29.2 Å². The lowest BCUT2D eigenvalue weighted by atomic mass is 10.1. The molecule has 0 amide bonds. The molecule has 1 fully saturated rings. The molecule has 2 aromatic rings. The van der Waals surface area contributed by atoms with E-state index in [1.54, 1.807) is 0 Å². The van der Waals surface area contributed by atoms with Gasteiger partial charge in [-0.05, 0) is 24.3 Å². The van der Waals surface area contributed by atoms with Crippen LogP contribution in [0.25, 0.3) is 0 Å². The Morgan fingerprint density at radius 1 is 0.955 bits per heavy atom. The van der Waals surface area contributed by atoms with Crippen molar-refractivity contribution in [2.24, 2.45) is 0 Å². The van der Waals surface area contributed by atoms with E-state index in [0.717, 1.165) is 37.3 Å². The van der Waals surface area contributed by atoms with Crippen molar-refractivity contribution in [1.29, 1.82) is 0 Å². The zero-order valence-electron chi connectivity index (χ0n) is 12.4. The molecule has 112 valence electrons. The molecule has 2 aromatic carbocycles. The van der Waals surface area contributed by atoms with Gasteiger partial charge in [0.2, 0.25) is 0 Å². The molecule has 0 radical (unpaired) electrons. The van der Waals surface area contributed by atoms with Crippen LogP contribution in [0, 0.1) is 0 Å². The third kappa shape index (κ3) is 2.25. The Balaban J connectivity index is 1.48. The van der Waals surface area contributed by atoms with Crippen molar-refractivity contribution in [1.82, 2.24) is 0 Å². The third-order valence-electron chi connectivity index (χ3n) is 4.59. The highest BCUT2D eigenvalue weighted by atomic mass is 16.6. The number of hydrogen-bond donors (Lipinski definition) is 1. The largest absolute Gasteiger partial charge is 0.404 e. The van der Waals surface area contributed by atoms with Crippen LogP contribution in [0.1, 0.15) is 22.1 Å². The molecule has 0 saturated carbocycles. The number of quaternary nitrogens is 1. The molecule has 1 unspecified atom stereocenters. The number of para-hydroxylation sites is 1. The predicted molar refractivity (Wildman–Crippen MR) is 84.0 cm³/mol. The summed E-state index contributed by atoms with van der Waals surface area (Å²) in [4.78, 5) is 15.7. The van der Waals surface area contributed by atoms with E-state index in [0.29, 0.717) is 0 Å². The molecule has 2 aliphatic rings. The molecule has 1 atom stereocenters. The number of hydrogen-bond acceptors (Lipinski definition) is 3. The number of cyclic esters (lactones) is 1. The van der Waals surface area contributed by atoms with E-state index in [1.165, 1.54) is 10.6 Å². The quantitative estimate of drug-likeness (QED) is 0.847. The molecule has 0 aromatic heterocycles. The summed E-state index contributed by atoms with van der Waals surface area (Å²) in [6, 6.07) is 18.2. The average Bonchev–Trinajstić information content (AvgIpc) is 2.93. The van der Waals surface area contributed by atoms with Crippen LogP contribution in [0.5, 0.6) is 0 Å². The summed E-state index contributed by atoms with van der Waals surface area (Å²) < 4.78 is 5.62. The van der Waals surface area contributed by atoms with Crippen LogP contribution in [0.4, 0.5) is 5.69 Å². The minimum Gasteiger partial charge on any atom is -0.404 e. The van der Waals surface area contributed by atoms with Gasteiger partial charge in [0.15, 0.2) is 0 Å². The second-order valence-electron chi connectivity index (χ2n) is 5.85. The number of nitrogens with zero attached hydrogens (tertiary/aromatic N) is 1. The summed E-state index contributed by atoms with van der Waals surface area (Å²) in [6.45, 7) is 3.91. The summed E-state index contributed by atoms with van der Waals surface area (Å²) in [5.74, 6) is -0.182. The Bertz CT molecular complexity index is 678. The van der Waals surface area contributed by atoms with Crippen molar-refractivity contribution in [3.05, 3.63) is 65.7 Å². The second-order valence-corrected chi connectivity index (χ2v) is 5.85. The van der Waals surface area contributed by atoms with E-state index in [4.69, 9.17) is 4.74 Å². The lowest BCUT2D eigenvalue weighted by Gasteiger charge is -2.35. The molecule has 4 rings (SSSR count). The molecule has 1 saturated heterocycles. The second kappa shape index (κ2) is 5.46. The molecule has 1 N–H and O–H groups in total. The van der Waals surface area contributed by atoms with Gasteiger partial charge in [0.1, 0.15) is 0 Å². The van der Waals surface area contributed by atoms with Crippen LogP contribution >= 0.6 is 0 Å². The normalized spacial score (nSPS) is 21.5. The van der Waals surface area contributed by atoms with Gasteiger partial charge in [-0.25, -0.2) is 4.79 Å². The Morgan fingerprint density at radius 2 is 1.64 bits per heavy atom. The third-order valence-corrected chi connectivity index (χ3v) is 4.59. The van der Waals surface area contributed by atoms with Crippen molar-refractivity contribution in [3.63, 3.8) is 0 Å². The minimum atomic E-state index is -0.182. The van der Waals surface area contributed by atoms with Crippen molar-refractivity contribution >= 4 is 11.7 Å². The Labute approximate surface area is 129 Å². The summed E-state index contributed by atoms with van der Waals surface area (Å²) in [5, 5.41) is 0. The van der Waals surface area contributed by atoms with E-state index in [-0.39, 0.29) is 12.2 Å². The topological polar surface area (TPSA) is 34.0 Å². The summed E-state index contributed by atoms with van der Waals surface area (Å²) in [6.07, 6.45) is -0.137. The standard InChI is InChI=1S/C18H18N2O2/c21-18-16-9-5-4-8-15(16)17(22-18)20-12-10-19(11-13-20)14-6-2-1-3-7-14/h1-9,17H,10-13H2/p+1. The zero-order valence-corrected chi connectivity index (χ0v) is 12.4. The van der Waals surface area contributed by atoms with E-state index >= 15 is 0 Å². The maximum absolute atomic E-state index is 12.0. The number of fused-ring (bicyclic) bond motifs is 1. The molecule has 0 bridgehead atoms. The molecule has 0 aliphatic carbocycles. The lowest BCUT2D eigenvalue weighted by Crippen LogP contribution is -3.15. The number of nitrogens with one attached hydrogen (secondary N) is 1. The van der Waals surface area contributed by atoms with Gasteiger partial charge in [-0.15, -0.1) is 0 Å². The van der Waals surface area contributed by atoms with Crippen LogP contribution in [-0.2, 0) is 4.74 Å². The molecule has 4 nitrogen and oxygen atoms in total. The first-order valence-electron chi connectivity index (χ1n) is 7.77. The first-order chi connectivity index (χ1) is 10.8. The lowest BCUT2D eigenvalue weighted by molar-refractivity contribution is -0.952. The Kier molecular flexibility index (Phi) is 3.31. The Hall–Kier alpha value is -2.33. The molecular formula is C18H19N2O2+. The first-order valence-corrected chi connectivity index (χ1v) is 7.77. The van der Waals surface area contributed by atoms with Gasteiger partial charge in [0.05, 0.1) is 37.3 Å². The molecule has 2 aliphatic heterocycles. The van der Waals surface area contributed by atoms with Crippen molar-refractivity contribution in [2.75, 3.05) is 31.1 Å². The van der Waals surface area contributed by atoms with Gasteiger partial charge in [-0.1, -0.05) is 30.3 Å². The van der Waals surface area contributed by atoms with Gasteiger partial charge in [0, 0.05) is 5.69 Å². The summed E-state index contributed by atoms with van der Waals surface area (Å²) >= 11 is 0. The van der Waals surface area contributed by atoms with Crippen LogP contribution in [-0.4, -0.2) is 32.1 Å². The van der Waals surface area contributed by atoms with Crippen molar-refractivity contribution < 1.29 is 14.4 Å². The monoisotopic (exact) mass is 295 g/mol. The zero-order chi connectivity index (χ0) is 14.9. The smallest absolute Gasteiger partial charge is 0.343 e. The predicted octanol–water partition coefficient (Wildman–Crippen LogP) is 1.26. The van der Waals surface area contributed by atoms with E-state index in [9.17, 15) is 4.79 Å². The molecule has 4 heteroatoms. The Morgan fingerprint density at radius 3 is 2.41 bits per heavy atom. The fourth-order valence-electron chi connectivity index (χ4n) is 3.40. The van der Waals surface area contributed by atoms with Gasteiger partial charge >= 0.3 is 5.97 Å². The van der Waals surface area contributed by atoms with Gasteiger partial charge in [-0.3, -0.25) is 4.90 Å². The van der Waals surface area contributed by atoms with Crippen LogP contribution in [0.3, 0.4) is 0 Å². The van der Waals surface area contributed by atoms with Crippen LogP contribution in [0.15, 0.2) is 54.6 Å². The highest BCUT2D eigenvalue weighted by Crippen LogP contribution is 2.26. The minimum absolute atomic E-state index is 0.137. The number of benzene rings is 2. The number of rotatable bonds is 2. The summed E-state index contributed by atoms with van der Waals surface area (Å²) in [5.41, 5.74) is 3.03. The van der Waals surface area contributed by atoms with Crippen molar-refractivity contribution in [2.45, 2.75) is 6.23 Å². The molecular weight excluding hydrogens is 276 g/mol. The van der Waals surface area contributed by atoms with Gasteiger partial charge in [-0.2, -0.15) is 0 Å². The highest BCUT2D eigenvalue weighted by molar-refractivity contribution is 5.93. The molecule has 22 heavy (non-hydrogen) atoms. The number of carbonyl (C=O) groups is 1. The fourth-order valence-corrected chi connectivity index (χ4v) is 3.40. The SMILES string of the molecule is O=C1OC([NH+]2CCN(c3ccccc3)CC2)c2ccccc21. The van der Waals surface area contributed by atoms with Crippen LogP contribution in [0.2, 0.25) is 0 Å². The van der Waals surface area contributed by atoms with Crippen LogP contribution < -0.4 is 9.80 Å². The van der Waals surface area contributed by atoms with Crippen molar-refractivity contribution in [3.8, 4) is 0 Å². The summed E-state index contributed by atoms with van der Waals surface area (Å²) in [7, 11) is 0. The van der Waals surface area contributed by atoms with E-state index in [1.807, 2.05) is 30.3 Å².